The summed E-state index contributed by atoms with van der Waals surface area (Å²) in [5.74, 6) is 0.0334. The van der Waals surface area contributed by atoms with Crippen molar-refractivity contribution in [2.45, 2.75) is 6.92 Å². The fourth-order valence-electron chi connectivity index (χ4n) is 2.08. The average molecular weight is 329 g/mol. The molecule has 0 aliphatic rings. The topological polar surface area (TPSA) is 73.9 Å². The van der Waals surface area contributed by atoms with Crippen molar-refractivity contribution in [3.8, 4) is 11.5 Å². The second-order valence-electron chi connectivity index (χ2n) is 5.06. The van der Waals surface area contributed by atoms with E-state index < -0.39 is 18.5 Å². The molecule has 1 amide bonds. The summed E-state index contributed by atoms with van der Waals surface area (Å²) in [4.78, 5) is 23.9. The van der Waals surface area contributed by atoms with Crippen LogP contribution in [0.2, 0.25) is 0 Å². The quantitative estimate of drug-likeness (QED) is 0.825. The maximum Gasteiger partial charge on any atom is 0.338 e. The number of carbonyl (C=O) groups is 2. The Morgan fingerprint density at radius 3 is 2.50 bits per heavy atom. The highest BCUT2D eigenvalue weighted by molar-refractivity contribution is 5.96. The summed E-state index contributed by atoms with van der Waals surface area (Å²) in [6.07, 6.45) is 0. The molecule has 2 aromatic rings. The van der Waals surface area contributed by atoms with Gasteiger partial charge in [0.2, 0.25) is 0 Å². The number of ether oxygens (including phenoxy) is 3. The van der Waals surface area contributed by atoms with Crippen LogP contribution in [0.5, 0.6) is 11.5 Å². The molecule has 0 aliphatic carbocycles. The van der Waals surface area contributed by atoms with Crippen LogP contribution in [0.15, 0.2) is 42.5 Å². The first-order valence-electron chi connectivity index (χ1n) is 7.29. The summed E-state index contributed by atoms with van der Waals surface area (Å²) in [7, 11) is 3.02. The largest absolute Gasteiger partial charge is 0.497 e. The van der Waals surface area contributed by atoms with Crippen LogP contribution in [-0.4, -0.2) is 32.7 Å². The van der Waals surface area contributed by atoms with Crippen molar-refractivity contribution in [1.29, 1.82) is 0 Å². The lowest BCUT2D eigenvalue weighted by atomic mass is 10.1. The van der Waals surface area contributed by atoms with Gasteiger partial charge in [-0.25, -0.2) is 4.79 Å². The predicted octanol–water partition coefficient (Wildman–Crippen LogP) is 2.81. The first kappa shape index (κ1) is 17.3. The molecule has 0 aromatic heterocycles. The lowest BCUT2D eigenvalue weighted by Gasteiger charge is -2.12. The maximum absolute atomic E-state index is 12.0. The summed E-state index contributed by atoms with van der Waals surface area (Å²) < 4.78 is 15.3. The first-order chi connectivity index (χ1) is 11.5. The monoisotopic (exact) mass is 329 g/mol. The lowest BCUT2D eigenvalue weighted by Crippen LogP contribution is -2.21. The molecule has 6 nitrogen and oxygen atoms in total. The van der Waals surface area contributed by atoms with Crippen molar-refractivity contribution in [1.82, 2.24) is 0 Å². The maximum atomic E-state index is 12.0. The van der Waals surface area contributed by atoms with Crippen molar-refractivity contribution in [3.05, 3.63) is 53.6 Å². The standard InChI is InChI=1S/C18H19NO5/c1-12-5-4-6-13(9-12)18(21)24-11-17(20)19-15-10-14(22-2)7-8-16(15)23-3/h4-10H,11H2,1-3H3,(H,19,20). The fraction of sp³-hybridized carbons (Fsp3) is 0.222. The molecule has 2 aromatic carbocycles. The normalized spacial score (nSPS) is 9.96. The van der Waals surface area contributed by atoms with Gasteiger partial charge in [-0.1, -0.05) is 17.7 Å². The number of methoxy groups -OCH3 is 2. The third kappa shape index (κ3) is 4.49. The first-order valence-corrected chi connectivity index (χ1v) is 7.29. The zero-order valence-corrected chi connectivity index (χ0v) is 13.8. The van der Waals surface area contributed by atoms with Gasteiger partial charge in [0.15, 0.2) is 6.61 Å². The van der Waals surface area contributed by atoms with Crippen molar-refractivity contribution in [3.63, 3.8) is 0 Å². The molecule has 0 unspecified atom stereocenters. The number of aryl methyl sites for hydroxylation is 1. The molecule has 0 fully saturated rings. The lowest BCUT2D eigenvalue weighted by molar-refractivity contribution is -0.119. The number of carbonyl (C=O) groups excluding carboxylic acids is 2. The Morgan fingerprint density at radius 2 is 1.83 bits per heavy atom. The van der Waals surface area contributed by atoms with Gasteiger partial charge >= 0.3 is 5.97 Å². The minimum atomic E-state index is -0.550. The number of benzene rings is 2. The Bertz CT molecular complexity index is 742. The molecule has 2 rings (SSSR count). The van der Waals surface area contributed by atoms with Crippen LogP contribution in [0.4, 0.5) is 5.69 Å². The van der Waals surface area contributed by atoms with E-state index in [-0.39, 0.29) is 0 Å². The van der Waals surface area contributed by atoms with Crippen LogP contribution in [0.25, 0.3) is 0 Å². The number of amides is 1. The third-order valence-corrected chi connectivity index (χ3v) is 3.27. The predicted molar refractivity (Wildman–Crippen MR) is 89.6 cm³/mol. The van der Waals surface area contributed by atoms with E-state index in [1.54, 1.807) is 36.4 Å². The van der Waals surface area contributed by atoms with Gasteiger partial charge in [0, 0.05) is 6.07 Å². The van der Waals surface area contributed by atoms with E-state index in [0.29, 0.717) is 22.7 Å². The van der Waals surface area contributed by atoms with Crippen molar-refractivity contribution >= 4 is 17.6 Å². The zero-order valence-electron chi connectivity index (χ0n) is 13.8. The van der Waals surface area contributed by atoms with Gasteiger partial charge in [-0.15, -0.1) is 0 Å². The number of rotatable bonds is 6. The minimum Gasteiger partial charge on any atom is -0.497 e. The molecule has 0 radical (unpaired) electrons. The van der Waals surface area contributed by atoms with Crippen LogP contribution < -0.4 is 14.8 Å². The summed E-state index contributed by atoms with van der Waals surface area (Å²) in [6.45, 7) is 1.48. The Labute approximate surface area is 140 Å². The van der Waals surface area contributed by atoms with Crippen molar-refractivity contribution in [2.75, 3.05) is 26.1 Å². The Hall–Kier alpha value is -3.02. The van der Waals surface area contributed by atoms with Crippen molar-refractivity contribution < 1.29 is 23.8 Å². The van der Waals surface area contributed by atoms with Crippen LogP contribution >= 0.6 is 0 Å². The van der Waals surface area contributed by atoms with E-state index in [1.807, 2.05) is 13.0 Å². The van der Waals surface area contributed by atoms with E-state index in [9.17, 15) is 9.59 Å². The summed E-state index contributed by atoms with van der Waals surface area (Å²) in [6, 6.07) is 12.0. The van der Waals surface area contributed by atoms with Crippen LogP contribution in [0.3, 0.4) is 0 Å². The molecule has 0 atom stereocenters. The third-order valence-electron chi connectivity index (χ3n) is 3.27. The number of nitrogens with one attached hydrogen (secondary N) is 1. The molecule has 0 bridgehead atoms. The highest BCUT2D eigenvalue weighted by Crippen LogP contribution is 2.28. The Balaban J connectivity index is 1.97. The summed E-state index contributed by atoms with van der Waals surface area (Å²) in [5, 5.41) is 2.63. The molecule has 1 N–H and O–H groups in total. The molecule has 0 aliphatic heterocycles. The molecular weight excluding hydrogens is 310 g/mol. The van der Waals surface area contributed by atoms with Crippen LogP contribution in [0, 0.1) is 6.92 Å². The molecule has 6 heteroatoms. The van der Waals surface area contributed by atoms with Gasteiger partial charge in [0.1, 0.15) is 11.5 Å². The van der Waals surface area contributed by atoms with E-state index in [2.05, 4.69) is 5.32 Å². The average Bonchev–Trinajstić information content (AvgIpc) is 2.59. The highest BCUT2D eigenvalue weighted by Gasteiger charge is 2.13. The molecule has 126 valence electrons. The summed E-state index contributed by atoms with van der Waals surface area (Å²) in [5.41, 5.74) is 1.78. The SMILES string of the molecule is COc1ccc(OC)c(NC(=O)COC(=O)c2cccc(C)c2)c1. The van der Waals surface area contributed by atoms with Gasteiger partial charge in [0.25, 0.3) is 5.91 Å². The fourth-order valence-corrected chi connectivity index (χ4v) is 2.08. The van der Waals surface area contributed by atoms with Crippen LogP contribution in [-0.2, 0) is 9.53 Å². The van der Waals surface area contributed by atoms with Gasteiger partial charge in [-0.3, -0.25) is 4.79 Å². The van der Waals surface area contributed by atoms with Crippen molar-refractivity contribution in [2.24, 2.45) is 0 Å². The molecule has 0 spiro atoms. The minimum absolute atomic E-state index is 0.396. The van der Waals surface area contributed by atoms with E-state index in [1.165, 1.54) is 14.2 Å². The molecule has 0 saturated carbocycles. The number of esters is 1. The molecule has 24 heavy (non-hydrogen) atoms. The number of anilines is 1. The number of hydrogen-bond acceptors (Lipinski definition) is 5. The molecular formula is C18H19NO5. The zero-order chi connectivity index (χ0) is 17.5. The van der Waals surface area contributed by atoms with E-state index in [0.717, 1.165) is 5.56 Å². The van der Waals surface area contributed by atoms with Gasteiger partial charge < -0.3 is 19.5 Å². The van der Waals surface area contributed by atoms with E-state index >= 15 is 0 Å². The Morgan fingerprint density at radius 1 is 1.04 bits per heavy atom. The molecule has 0 heterocycles. The van der Waals surface area contributed by atoms with Crippen LogP contribution in [0.1, 0.15) is 15.9 Å². The number of hydrogen-bond donors (Lipinski definition) is 1. The van der Waals surface area contributed by atoms with Gasteiger partial charge in [-0.2, -0.15) is 0 Å². The van der Waals surface area contributed by atoms with Gasteiger partial charge in [-0.05, 0) is 31.2 Å². The van der Waals surface area contributed by atoms with Gasteiger partial charge in [0.05, 0.1) is 25.5 Å². The summed E-state index contributed by atoms with van der Waals surface area (Å²) >= 11 is 0. The molecule has 0 saturated heterocycles. The smallest absolute Gasteiger partial charge is 0.338 e. The second-order valence-corrected chi connectivity index (χ2v) is 5.06. The van der Waals surface area contributed by atoms with E-state index in [4.69, 9.17) is 14.2 Å². The second kappa shape index (κ2) is 8.01. The Kier molecular flexibility index (Phi) is 5.78. The highest BCUT2D eigenvalue weighted by atomic mass is 16.5.